The SMILES string of the molecule is CC(C)(C)OC=O.Fc1ccc(Cl)c(C2C=CNC2)c1. The van der Waals surface area contributed by atoms with Crippen molar-refractivity contribution < 1.29 is 13.9 Å². The Morgan fingerprint density at radius 3 is 2.60 bits per heavy atom. The molecule has 1 aliphatic heterocycles. The number of hydrogen-bond acceptors (Lipinski definition) is 3. The third-order valence-corrected chi connectivity index (χ3v) is 2.89. The summed E-state index contributed by atoms with van der Waals surface area (Å²) < 4.78 is 17.4. The van der Waals surface area contributed by atoms with Crippen LogP contribution in [0.15, 0.2) is 30.5 Å². The minimum Gasteiger partial charge on any atom is -0.462 e. The molecule has 1 aliphatic rings. The van der Waals surface area contributed by atoms with Crippen LogP contribution >= 0.6 is 11.6 Å². The summed E-state index contributed by atoms with van der Waals surface area (Å²) in [6.45, 7) is 6.72. The second-order valence-corrected chi connectivity index (χ2v) is 5.77. The van der Waals surface area contributed by atoms with E-state index >= 15 is 0 Å². The van der Waals surface area contributed by atoms with Crippen LogP contribution in [0, 0.1) is 5.82 Å². The van der Waals surface area contributed by atoms with Gasteiger partial charge in [-0.1, -0.05) is 17.7 Å². The Kier molecular flexibility index (Phi) is 6.02. The minimum atomic E-state index is -0.318. The highest BCUT2D eigenvalue weighted by atomic mass is 35.5. The molecule has 5 heteroatoms. The van der Waals surface area contributed by atoms with Crippen LogP contribution in [-0.4, -0.2) is 18.6 Å². The second kappa shape index (κ2) is 7.29. The molecule has 3 nitrogen and oxygen atoms in total. The zero-order valence-corrected chi connectivity index (χ0v) is 12.6. The number of benzene rings is 1. The average molecular weight is 300 g/mol. The molecule has 0 saturated carbocycles. The van der Waals surface area contributed by atoms with Crippen molar-refractivity contribution in [2.45, 2.75) is 32.3 Å². The van der Waals surface area contributed by atoms with Crippen molar-refractivity contribution in [1.82, 2.24) is 5.32 Å². The highest BCUT2D eigenvalue weighted by Gasteiger charge is 2.15. The van der Waals surface area contributed by atoms with Gasteiger partial charge in [-0.2, -0.15) is 0 Å². The quantitative estimate of drug-likeness (QED) is 0.847. The van der Waals surface area contributed by atoms with E-state index in [1.54, 1.807) is 6.07 Å². The molecule has 0 aliphatic carbocycles. The first kappa shape index (κ1) is 16.5. The van der Waals surface area contributed by atoms with Crippen molar-refractivity contribution in [3.8, 4) is 0 Å². The zero-order chi connectivity index (χ0) is 15.2. The summed E-state index contributed by atoms with van der Waals surface area (Å²) in [5.41, 5.74) is 0.532. The Hall–Kier alpha value is -1.55. The summed E-state index contributed by atoms with van der Waals surface area (Å²) in [6, 6.07) is 4.46. The summed E-state index contributed by atoms with van der Waals surface area (Å²) in [7, 11) is 0. The van der Waals surface area contributed by atoms with Crippen LogP contribution in [0.3, 0.4) is 0 Å². The van der Waals surface area contributed by atoms with Crippen molar-refractivity contribution in [1.29, 1.82) is 0 Å². The van der Waals surface area contributed by atoms with Crippen LogP contribution in [0.2, 0.25) is 5.02 Å². The maximum Gasteiger partial charge on any atom is 0.293 e. The number of rotatable bonds is 2. The highest BCUT2D eigenvalue weighted by Crippen LogP contribution is 2.27. The molecular weight excluding hydrogens is 281 g/mol. The van der Waals surface area contributed by atoms with E-state index in [1.165, 1.54) is 12.1 Å². The number of carbonyl (C=O) groups is 1. The van der Waals surface area contributed by atoms with Crippen LogP contribution in [0.4, 0.5) is 4.39 Å². The third kappa shape index (κ3) is 5.61. The molecule has 20 heavy (non-hydrogen) atoms. The average Bonchev–Trinajstić information content (AvgIpc) is 2.85. The van der Waals surface area contributed by atoms with Gasteiger partial charge in [0.15, 0.2) is 0 Å². The van der Waals surface area contributed by atoms with E-state index in [1.807, 2.05) is 33.0 Å². The lowest BCUT2D eigenvalue weighted by atomic mass is 10.0. The van der Waals surface area contributed by atoms with E-state index in [2.05, 4.69) is 10.1 Å². The summed E-state index contributed by atoms with van der Waals surface area (Å²) in [5, 5.41) is 3.68. The maximum atomic E-state index is 12.9. The molecule has 0 amide bonds. The standard InChI is InChI=1S/C10H9ClFN.C5H10O2/c11-10-2-1-8(12)5-9(10)7-3-4-13-6-7;1-5(2,3)7-4-6/h1-5,7,13H,6H2;4H,1-3H3. The van der Waals surface area contributed by atoms with E-state index in [0.29, 0.717) is 11.5 Å². The first-order valence-corrected chi connectivity index (χ1v) is 6.68. The van der Waals surface area contributed by atoms with E-state index in [0.717, 1.165) is 12.1 Å². The molecule has 0 aromatic heterocycles. The van der Waals surface area contributed by atoms with Gasteiger partial charge in [0.2, 0.25) is 0 Å². The fraction of sp³-hybridized carbons (Fsp3) is 0.400. The zero-order valence-electron chi connectivity index (χ0n) is 11.8. The van der Waals surface area contributed by atoms with Gasteiger partial charge in [0.25, 0.3) is 6.47 Å². The lowest BCUT2D eigenvalue weighted by Crippen LogP contribution is -2.17. The Bertz CT molecular complexity index is 483. The van der Waals surface area contributed by atoms with Gasteiger partial charge in [-0.15, -0.1) is 0 Å². The van der Waals surface area contributed by atoms with Crippen molar-refractivity contribution in [3.63, 3.8) is 0 Å². The minimum absolute atomic E-state index is 0.197. The normalized spacial score (nSPS) is 16.9. The number of nitrogens with one attached hydrogen (secondary N) is 1. The van der Waals surface area contributed by atoms with Crippen molar-refractivity contribution in [2.75, 3.05) is 6.54 Å². The van der Waals surface area contributed by atoms with Crippen molar-refractivity contribution in [2.24, 2.45) is 0 Å². The fourth-order valence-electron chi connectivity index (χ4n) is 1.60. The fourth-order valence-corrected chi connectivity index (χ4v) is 1.86. The Morgan fingerprint density at radius 2 is 2.15 bits per heavy atom. The van der Waals surface area contributed by atoms with Gasteiger partial charge in [-0.3, -0.25) is 4.79 Å². The highest BCUT2D eigenvalue weighted by molar-refractivity contribution is 6.31. The molecule has 1 aromatic rings. The molecule has 1 atom stereocenters. The molecular formula is C15H19ClFNO2. The van der Waals surface area contributed by atoms with Gasteiger partial charge in [0.05, 0.1) is 0 Å². The van der Waals surface area contributed by atoms with E-state index in [4.69, 9.17) is 11.6 Å². The summed E-state index contributed by atoms with van der Waals surface area (Å²) in [6.07, 6.45) is 3.85. The van der Waals surface area contributed by atoms with Crippen LogP contribution < -0.4 is 5.32 Å². The smallest absolute Gasteiger partial charge is 0.293 e. The Labute approximate surface area is 123 Å². The van der Waals surface area contributed by atoms with Crippen LogP contribution in [0.5, 0.6) is 0 Å². The second-order valence-electron chi connectivity index (χ2n) is 5.37. The number of halogens is 2. The van der Waals surface area contributed by atoms with Crippen LogP contribution in [0.1, 0.15) is 32.3 Å². The summed E-state index contributed by atoms with van der Waals surface area (Å²) in [5.74, 6) is -0.0390. The van der Waals surface area contributed by atoms with Gasteiger partial charge < -0.3 is 10.1 Å². The van der Waals surface area contributed by atoms with Crippen molar-refractivity contribution >= 4 is 18.1 Å². The van der Waals surface area contributed by atoms with Gasteiger partial charge in [0, 0.05) is 17.5 Å². The van der Waals surface area contributed by atoms with E-state index < -0.39 is 0 Å². The molecule has 1 unspecified atom stereocenters. The molecule has 1 heterocycles. The predicted molar refractivity (Wildman–Crippen MR) is 78.2 cm³/mol. The van der Waals surface area contributed by atoms with Gasteiger partial charge in [0.1, 0.15) is 11.4 Å². The van der Waals surface area contributed by atoms with Gasteiger partial charge in [-0.05, 0) is 50.7 Å². The molecule has 0 fully saturated rings. The molecule has 0 saturated heterocycles. The van der Waals surface area contributed by atoms with Crippen LogP contribution in [0.25, 0.3) is 0 Å². The first-order chi connectivity index (χ1) is 9.33. The lowest BCUT2D eigenvalue weighted by molar-refractivity contribution is -0.138. The number of ether oxygens (including phenoxy) is 1. The Morgan fingerprint density at radius 1 is 1.45 bits per heavy atom. The number of hydrogen-bond donors (Lipinski definition) is 1. The molecule has 0 bridgehead atoms. The van der Waals surface area contributed by atoms with Crippen LogP contribution in [-0.2, 0) is 9.53 Å². The third-order valence-electron chi connectivity index (χ3n) is 2.54. The summed E-state index contributed by atoms with van der Waals surface area (Å²) in [4.78, 5) is 9.60. The van der Waals surface area contributed by atoms with Gasteiger partial charge >= 0.3 is 0 Å². The monoisotopic (exact) mass is 299 g/mol. The maximum absolute atomic E-state index is 12.9. The van der Waals surface area contributed by atoms with Gasteiger partial charge in [-0.25, -0.2) is 4.39 Å². The molecule has 1 N–H and O–H groups in total. The van der Waals surface area contributed by atoms with E-state index in [9.17, 15) is 9.18 Å². The molecule has 2 rings (SSSR count). The predicted octanol–water partition coefficient (Wildman–Crippen LogP) is 3.64. The van der Waals surface area contributed by atoms with Crippen molar-refractivity contribution in [3.05, 3.63) is 46.9 Å². The molecule has 0 radical (unpaired) electrons. The molecule has 110 valence electrons. The first-order valence-electron chi connectivity index (χ1n) is 6.30. The largest absolute Gasteiger partial charge is 0.462 e. The Balaban J connectivity index is 0.000000246. The topological polar surface area (TPSA) is 38.3 Å². The molecule has 0 spiro atoms. The number of carbonyl (C=O) groups excluding carboxylic acids is 1. The van der Waals surface area contributed by atoms with E-state index in [-0.39, 0.29) is 17.3 Å². The summed E-state index contributed by atoms with van der Waals surface area (Å²) >= 11 is 5.95. The molecule has 1 aromatic carbocycles. The lowest BCUT2D eigenvalue weighted by Gasteiger charge is -2.14.